The number of hydrogen-bond donors (Lipinski definition) is 0. The average Bonchev–Trinajstić information content (AvgIpc) is 2.97. The minimum Gasteiger partial charge on any atom is -0.495 e. The predicted molar refractivity (Wildman–Crippen MR) is 153 cm³/mol. The van der Waals surface area contributed by atoms with Crippen LogP contribution in [-0.4, -0.2) is 49.4 Å². The smallest absolute Gasteiger partial charge is 0.387 e. The maximum absolute atomic E-state index is 13.8. The highest BCUT2D eigenvalue weighted by Gasteiger charge is 2.29. The summed E-state index contributed by atoms with van der Waals surface area (Å²) in [5.74, 6) is -0.714. The number of benzene rings is 2. The summed E-state index contributed by atoms with van der Waals surface area (Å²) in [4.78, 5) is 39.3. The van der Waals surface area contributed by atoms with Gasteiger partial charge in [0.1, 0.15) is 11.5 Å². The fourth-order valence-corrected chi connectivity index (χ4v) is 5.16. The highest BCUT2D eigenvalue weighted by Crippen LogP contribution is 2.38. The summed E-state index contributed by atoms with van der Waals surface area (Å²) in [6, 6.07) is 10.9. The van der Waals surface area contributed by atoms with Crippen molar-refractivity contribution in [1.29, 1.82) is 0 Å². The molecule has 0 aliphatic carbocycles. The van der Waals surface area contributed by atoms with E-state index in [1.165, 1.54) is 42.1 Å². The van der Waals surface area contributed by atoms with E-state index in [1.807, 2.05) is 0 Å². The normalized spacial score (nSPS) is 15.7. The molecule has 0 N–H and O–H groups in total. The highest BCUT2D eigenvalue weighted by atomic mass is 35.5. The topological polar surface area (TPSA) is 93.1 Å². The summed E-state index contributed by atoms with van der Waals surface area (Å²) in [7, 11) is 1.37. The van der Waals surface area contributed by atoms with Gasteiger partial charge in [-0.3, -0.25) is 9.59 Å². The number of pyridine rings is 1. The first-order chi connectivity index (χ1) is 20.2. The molecular formula is C31H32ClF2NO7. The second-order valence-electron chi connectivity index (χ2n) is 9.82. The Balaban J connectivity index is 1.70. The molecule has 1 fully saturated rings. The van der Waals surface area contributed by atoms with Crippen molar-refractivity contribution < 1.29 is 37.3 Å². The molecule has 224 valence electrons. The van der Waals surface area contributed by atoms with Crippen LogP contribution < -0.4 is 15.0 Å². The molecule has 0 saturated carbocycles. The van der Waals surface area contributed by atoms with Gasteiger partial charge in [0.15, 0.2) is 5.78 Å². The number of methoxy groups -OCH3 is 1. The molecule has 1 unspecified atom stereocenters. The molecule has 2 atom stereocenters. The first-order valence-electron chi connectivity index (χ1n) is 13.7. The standard InChI is InChI=1S/C31H32ClF2NO7/c1-3-40-30(38)20-9-7-19(8-10-20)14-26(36)25(16-22-6-4-5-13-41-22)35-18-28(39-2)24(17-29(35)37)23-15-21(32)11-12-27(23)42-31(33)34/h7-12,15,17-18,22,25,31H,3-6,13-14,16H2,1-2H3/t22-,25?/m0/s1. The molecule has 2 heterocycles. The summed E-state index contributed by atoms with van der Waals surface area (Å²) in [6.45, 7) is -0.561. The van der Waals surface area contributed by atoms with Gasteiger partial charge in [-0.2, -0.15) is 8.78 Å². The summed E-state index contributed by atoms with van der Waals surface area (Å²) < 4.78 is 48.6. The number of carbonyl (C=O) groups excluding carboxylic acids is 2. The van der Waals surface area contributed by atoms with Crippen LogP contribution in [0.5, 0.6) is 11.5 Å². The van der Waals surface area contributed by atoms with E-state index in [9.17, 15) is 23.2 Å². The van der Waals surface area contributed by atoms with Crippen molar-refractivity contribution in [2.24, 2.45) is 0 Å². The third-order valence-corrected chi connectivity index (χ3v) is 7.26. The van der Waals surface area contributed by atoms with Crippen LogP contribution >= 0.6 is 11.6 Å². The van der Waals surface area contributed by atoms with Crippen molar-refractivity contribution >= 4 is 23.4 Å². The molecule has 0 radical (unpaired) electrons. The molecule has 1 saturated heterocycles. The van der Waals surface area contributed by atoms with E-state index in [1.54, 1.807) is 31.2 Å². The Morgan fingerprint density at radius 1 is 1.07 bits per heavy atom. The number of hydrogen-bond acceptors (Lipinski definition) is 7. The SMILES string of the molecule is CCOC(=O)c1ccc(CC(=O)C(C[C@@H]2CCCCO2)n2cc(OC)c(-c3cc(Cl)ccc3OC(F)F)cc2=O)cc1. The van der Waals surface area contributed by atoms with Crippen molar-refractivity contribution in [2.45, 2.75) is 57.8 Å². The lowest BCUT2D eigenvalue weighted by Gasteiger charge is -2.28. The zero-order chi connectivity index (χ0) is 30.2. The Morgan fingerprint density at radius 3 is 2.45 bits per heavy atom. The number of esters is 1. The molecule has 8 nitrogen and oxygen atoms in total. The average molecular weight is 604 g/mol. The Morgan fingerprint density at radius 2 is 1.81 bits per heavy atom. The van der Waals surface area contributed by atoms with Crippen LogP contribution in [0.25, 0.3) is 11.1 Å². The second-order valence-corrected chi connectivity index (χ2v) is 10.3. The van der Waals surface area contributed by atoms with Crippen LogP contribution in [0, 0.1) is 0 Å². The van der Waals surface area contributed by atoms with Gasteiger partial charge in [-0.1, -0.05) is 23.7 Å². The van der Waals surface area contributed by atoms with Crippen LogP contribution in [0.3, 0.4) is 0 Å². The lowest BCUT2D eigenvalue weighted by atomic mass is 9.95. The van der Waals surface area contributed by atoms with E-state index in [4.69, 9.17) is 25.8 Å². The van der Waals surface area contributed by atoms with Gasteiger partial charge in [0.25, 0.3) is 5.56 Å². The predicted octanol–water partition coefficient (Wildman–Crippen LogP) is 6.27. The van der Waals surface area contributed by atoms with E-state index in [-0.39, 0.29) is 59.0 Å². The Kier molecular flexibility index (Phi) is 10.7. The van der Waals surface area contributed by atoms with Crippen LogP contribution in [0.1, 0.15) is 54.6 Å². The number of halogens is 3. The molecular weight excluding hydrogens is 572 g/mol. The van der Waals surface area contributed by atoms with E-state index in [2.05, 4.69) is 4.74 Å². The lowest BCUT2D eigenvalue weighted by molar-refractivity contribution is -0.123. The number of carbonyl (C=O) groups is 2. The van der Waals surface area contributed by atoms with Crippen molar-refractivity contribution in [3.8, 4) is 22.6 Å². The number of Topliss-reactive ketones (excluding diaryl/α,β-unsaturated/α-hetero) is 1. The second kappa shape index (κ2) is 14.4. The fraction of sp³-hybridized carbons (Fsp3) is 0.387. The number of ketones is 1. The molecule has 0 amide bonds. The van der Waals surface area contributed by atoms with Crippen molar-refractivity contribution in [1.82, 2.24) is 4.57 Å². The van der Waals surface area contributed by atoms with Crippen molar-refractivity contribution in [2.75, 3.05) is 20.3 Å². The summed E-state index contributed by atoms with van der Waals surface area (Å²) in [5, 5.41) is 0.245. The number of aromatic nitrogens is 1. The van der Waals surface area contributed by atoms with Crippen LogP contribution in [-0.2, 0) is 20.7 Å². The lowest BCUT2D eigenvalue weighted by Crippen LogP contribution is -2.34. The summed E-state index contributed by atoms with van der Waals surface area (Å²) in [6.07, 6.45) is 4.05. The van der Waals surface area contributed by atoms with Gasteiger partial charge in [0.05, 0.1) is 37.6 Å². The van der Waals surface area contributed by atoms with Crippen LogP contribution in [0.4, 0.5) is 8.78 Å². The molecule has 4 rings (SSSR count). The zero-order valence-corrected chi connectivity index (χ0v) is 24.1. The third-order valence-electron chi connectivity index (χ3n) is 7.02. The molecule has 0 bridgehead atoms. The van der Waals surface area contributed by atoms with Crippen molar-refractivity contribution in [3.63, 3.8) is 0 Å². The Hall–Kier alpha value is -3.76. The fourth-order valence-electron chi connectivity index (χ4n) is 4.99. The van der Waals surface area contributed by atoms with Gasteiger partial charge in [-0.05, 0) is 62.1 Å². The Bertz CT molecular complexity index is 1450. The maximum Gasteiger partial charge on any atom is 0.387 e. The monoisotopic (exact) mass is 603 g/mol. The molecule has 1 aromatic heterocycles. The first-order valence-corrected chi connectivity index (χ1v) is 14.0. The van der Waals surface area contributed by atoms with Gasteiger partial charge >= 0.3 is 12.6 Å². The number of nitrogens with zero attached hydrogens (tertiary/aromatic N) is 1. The molecule has 2 aromatic carbocycles. The summed E-state index contributed by atoms with van der Waals surface area (Å²) >= 11 is 6.14. The van der Waals surface area contributed by atoms with Crippen LogP contribution in [0.15, 0.2) is 59.5 Å². The van der Waals surface area contributed by atoms with Crippen LogP contribution in [0.2, 0.25) is 5.02 Å². The Labute approximate surface area is 247 Å². The van der Waals surface area contributed by atoms with E-state index < -0.39 is 24.2 Å². The first kappa shape index (κ1) is 31.2. The van der Waals surface area contributed by atoms with Gasteiger partial charge in [0.2, 0.25) is 0 Å². The third kappa shape index (κ3) is 7.74. The zero-order valence-electron chi connectivity index (χ0n) is 23.3. The summed E-state index contributed by atoms with van der Waals surface area (Å²) in [5.41, 5.74) is 0.816. The number of rotatable bonds is 12. The van der Waals surface area contributed by atoms with E-state index in [0.717, 1.165) is 19.3 Å². The molecule has 11 heteroatoms. The molecule has 0 spiro atoms. The quantitative estimate of drug-likeness (QED) is 0.225. The molecule has 1 aliphatic rings. The minimum absolute atomic E-state index is 0.00231. The highest BCUT2D eigenvalue weighted by molar-refractivity contribution is 6.31. The number of alkyl halides is 2. The van der Waals surface area contributed by atoms with Crippen molar-refractivity contribution in [3.05, 3.63) is 81.2 Å². The molecule has 3 aromatic rings. The van der Waals surface area contributed by atoms with Gasteiger partial charge < -0.3 is 23.5 Å². The molecule has 1 aliphatic heterocycles. The minimum atomic E-state index is -3.10. The van der Waals surface area contributed by atoms with Gasteiger partial charge in [-0.25, -0.2) is 4.79 Å². The van der Waals surface area contributed by atoms with Gasteiger partial charge in [-0.15, -0.1) is 0 Å². The van der Waals surface area contributed by atoms with Gasteiger partial charge in [0, 0.05) is 41.7 Å². The van der Waals surface area contributed by atoms with E-state index >= 15 is 0 Å². The largest absolute Gasteiger partial charge is 0.495 e. The number of ether oxygens (including phenoxy) is 4. The maximum atomic E-state index is 13.8. The molecule has 42 heavy (non-hydrogen) atoms. The van der Waals surface area contributed by atoms with E-state index in [0.29, 0.717) is 17.7 Å².